The number of hydrogen-bond acceptors (Lipinski definition) is 4. The largest absolute Gasteiger partial charge is 0.496 e. The molecule has 1 aromatic heterocycles. The van der Waals surface area contributed by atoms with Crippen molar-refractivity contribution >= 4 is 18.4 Å². The topological polar surface area (TPSA) is 48.4 Å². The first-order valence-corrected chi connectivity index (χ1v) is 9.58. The van der Waals surface area contributed by atoms with Gasteiger partial charge in [0.1, 0.15) is 5.78 Å². The lowest BCUT2D eigenvalue weighted by Gasteiger charge is -2.32. The fraction of sp³-hybridized carbons (Fsp3) is 0.455. The van der Waals surface area contributed by atoms with E-state index >= 15 is 0 Å². The number of pyridine rings is 1. The van der Waals surface area contributed by atoms with Crippen molar-refractivity contribution in [2.45, 2.75) is 64.1 Å². The second-order valence-corrected chi connectivity index (χ2v) is 8.78. The number of ketones is 1. The minimum absolute atomic E-state index is 0.230. The van der Waals surface area contributed by atoms with E-state index in [1.54, 1.807) is 6.92 Å². The molecule has 1 aliphatic heterocycles. The van der Waals surface area contributed by atoms with E-state index in [9.17, 15) is 4.79 Å². The Bertz CT molecular complexity index is 851. The van der Waals surface area contributed by atoms with E-state index in [2.05, 4.69) is 29.2 Å². The van der Waals surface area contributed by atoms with Crippen LogP contribution in [-0.2, 0) is 19.5 Å². The van der Waals surface area contributed by atoms with Crippen molar-refractivity contribution in [1.82, 2.24) is 4.98 Å². The van der Waals surface area contributed by atoms with Crippen LogP contribution in [0.4, 0.5) is 0 Å². The predicted molar refractivity (Wildman–Crippen MR) is 107 cm³/mol. The van der Waals surface area contributed by atoms with Crippen molar-refractivity contribution in [1.29, 1.82) is 0 Å². The predicted octanol–water partition coefficient (Wildman–Crippen LogP) is 3.67. The standard InChI is InChI=1S/C22H26BNO3/c1-15(25)22(12-13-22)17-8-6-16(7-9-17)19-11-10-18(14-24-19)23-26-20(2,3)21(4,5)27-23/h6-11,14H,12-13H2,1-5H3. The van der Waals surface area contributed by atoms with Crippen molar-refractivity contribution in [2.24, 2.45) is 0 Å². The third kappa shape index (κ3) is 3.03. The van der Waals surface area contributed by atoms with Crippen LogP contribution in [0.25, 0.3) is 11.3 Å². The SMILES string of the molecule is CC(=O)C1(c2ccc(-c3ccc(B4OC(C)(C)C(C)(C)O4)cn3)cc2)CC1. The summed E-state index contributed by atoms with van der Waals surface area (Å²) < 4.78 is 12.2. The van der Waals surface area contributed by atoms with Crippen LogP contribution in [0.5, 0.6) is 0 Å². The van der Waals surface area contributed by atoms with Gasteiger partial charge in [0.2, 0.25) is 0 Å². The van der Waals surface area contributed by atoms with E-state index in [1.807, 2.05) is 46.0 Å². The van der Waals surface area contributed by atoms with Crippen LogP contribution in [0.2, 0.25) is 0 Å². The Morgan fingerprint density at radius 3 is 2.00 bits per heavy atom. The van der Waals surface area contributed by atoms with Gasteiger partial charge in [0, 0.05) is 17.2 Å². The van der Waals surface area contributed by atoms with Crippen molar-refractivity contribution in [3.63, 3.8) is 0 Å². The number of aromatic nitrogens is 1. The number of carbonyl (C=O) groups is 1. The van der Waals surface area contributed by atoms with Crippen LogP contribution >= 0.6 is 0 Å². The van der Waals surface area contributed by atoms with Gasteiger partial charge >= 0.3 is 7.12 Å². The number of hydrogen-bond donors (Lipinski definition) is 0. The molecule has 4 rings (SSSR count). The quantitative estimate of drug-likeness (QED) is 0.778. The summed E-state index contributed by atoms with van der Waals surface area (Å²) in [6.07, 6.45) is 3.74. The van der Waals surface area contributed by atoms with Crippen molar-refractivity contribution in [2.75, 3.05) is 0 Å². The lowest BCUT2D eigenvalue weighted by atomic mass is 9.80. The van der Waals surface area contributed by atoms with E-state index < -0.39 is 7.12 Å². The van der Waals surface area contributed by atoms with Crippen LogP contribution in [-0.4, -0.2) is 29.1 Å². The molecule has 0 amide bonds. The number of nitrogens with zero attached hydrogens (tertiary/aromatic N) is 1. The molecule has 2 fully saturated rings. The summed E-state index contributed by atoms with van der Waals surface area (Å²) >= 11 is 0. The summed E-state index contributed by atoms with van der Waals surface area (Å²) in [5.74, 6) is 0.264. The van der Waals surface area contributed by atoms with Crippen molar-refractivity contribution in [3.8, 4) is 11.3 Å². The molecule has 2 heterocycles. The minimum Gasteiger partial charge on any atom is -0.399 e. The van der Waals surface area contributed by atoms with E-state index in [0.717, 1.165) is 35.1 Å². The molecular formula is C22H26BNO3. The zero-order valence-corrected chi connectivity index (χ0v) is 16.7. The van der Waals surface area contributed by atoms with Crippen LogP contribution < -0.4 is 5.46 Å². The minimum atomic E-state index is -0.399. The lowest BCUT2D eigenvalue weighted by molar-refractivity contribution is -0.119. The maximum Gasteiger partial charge on any atom is 0.496 e. The molecule has 0 spiro atoms. The first kappa shape index (κ1) is 18.4. The first-order valence-electron chi connectivity index (χ1n) is 9.58. The Hall–Kier alpha value is -1.98. The molecule has 5 heteroatoms. The van der Waals surface area contributed by atoms with Crippen molar-refractivity contribution in [3.05, 3.63) is 48.2 Å². The Labute approximate surface area is 161 Å². The first-order chi connectivity index (χ1) is 12.6. The molecule has 1 saturated heterocycles. The van der Waals surface area contributed by atoms with Crippen LogP contribution in [0.1, 0.15) is 53.0 Å². The van der Waals surface area contributed by atoms with Gasteiger partial charge in [-0.15, -0.1) is 0 Å². The second-order valence-electron chi connectivity index (χ2n) is 8.78. The molecule has 2 aromatic rings. The van der Waals surface area contributed by atoms with Gasteiger partial charge in [-0.3, -0.25) is 9.78 Å². The molecule has 0 N–H and O–H groups in total. The Balaban J connectivity index is 1.53. The Kier molecular flexibility index (Phi) is 4.10. The van der Waals surface area contributed by atoms with E-state index in [4.69, 9.17) is 9.31 Å². The summed E-state index contributed by atoms with van der Waals surface area (Å²) in [5.41, 5.74) is 3.03. The average molecular weight is 363 g/mol. The Morgan fingerprint density at radius 1 is 0.963 bits per heavy atom. The highest BCUT2D eigenvalue weighted by Gasteiger charge is 2.52. The van der Waals surface area contributed by atoms with Crippen LogP contribution in [0, 0.1) is 0 Å². The highest BCUT2D eigenvalue weighted by atomic mass is 16.7. The van der Waals surface area contributed by atoms with Gasteiger partial charge in [-0.25, -0.2) is 0 Å². The van der Waals surface area contributed by atoms with E-state index in [-0.39, 0.29) is 22.4 Å². The van der Waals surface area contributed by atoms with Gasteiger partial charge in [0.05, 0.1) is 22.3 Å². The molecule has 27 heavy (non-hydrogen) atoms. The molecule has 0 atom stereocenters. The smallest absolute Gasteiger partial charge is 0.399 e. The summed E-state index contributed by atoms with van der Waals surface area (Å²) in [7, 11) is -0.399. The number of rotatable bonds is 4. The molecule has 0 unspecified atom stereocenters. The number of Topliss-reactive ketones (excluding diaryl/α,β-unsaturated/α-hetero) is 1. The molecule has 1 aromatic carbocycles. The second kappa shape index (κ2) is 6.01. The highest BCUT2D eigenvalue weighted by molar-refractivity contribution is 6.62. The molecule has 140 valence electrons. The molecule has 0 radical (unpaired) electrons. The molecular weight excluding hydrogens is 337 g/mol. The third-order valence-electron chi connectivity index (χ3n) is 6.47. The third-order valence-corrected chi connectivity index (χ3v) is 6.47. The fourth-order valence-corrected chi connectivity index (χ4v) is 3.62. The van der Waals surface area contributed by atoms with Gasteiger partial charge in [-0.05, 0) is 59.1 Å². The van der Waals surface area contributed by atoms with Gasteiger partial charge in [0.15, 0.2) is 0 Å². The Morgan fingerprint density at radius 2 is 1.56 bits per heavy atom. The summed E-state index contributed by atoms with van der Waals surface area (Å²) in [5, 5.41) is 0. The van der Waals surface area contributed by atoms with E-state index in [1.165, 1.54) is 0 Å². The zero-order chi connectivity index (χ0) is 19.4. The van der Waals surface area contributed by atoms with Gasteiger partial charge in [-0.1, -0.05) is 30.3 Å². The maximum atomic E-state index is 11.9. The molecule has 2 aliphatic rings. The lowest BCUT2D eigenvalue weighted by Crippen LogP contribution is -2.41. The van der Waals surface area contributed by atoms with E-state index in [0.29, 0.717) is 0 Å². The molecule has 1 aliphatic carbocycles. The molecule has 1 saturated carbocycles. The number of carbonyl (C=O) groups excluding carboxylic acids is 1. The van der Waals surface area contributed by atoms with Gasteiger partial charge in [-0.2, -0.15) is 0 Å². The molecule has 0 bridgehead atoms. The van der Waals surface area contributed by atoms with Gasteiger partial charge < -0.3 is 9.31 Å². The van der Waals surface area contributed by atoms with Crippen LogP contribution in [0.3, 0.4) is 0 Å². The summed E-state index contributed by atoms with van der Waals surface area (Å²) in [6, 6.07) is 12.2. The van der Waals surface area contributed by atoms with Gasteiger partial charge in [0.25, 0.3) is 0 Å². The normalized spacial score (nSPS) is 21.9. The summed E-state index contributed by atoms with van der Waals surface area (Å²) in [4.78, 5) is 16.5. The fourth-order valence-electron chi connectivity index (χ4n) is 3.62. The average Bonchev–Trinajstić information content (AvgIpc) is 3.39. The summed E-state index contributed by atoms with van der Waals surface area (Å²) in [6.45, 7) is 9.87. The monoisotopic (exact) mass is 363 g/mol. The number of benzene rings is 1. The highest BCUT2D eigenvalue weighted by Crippen LogP contribution is 2.49. The van der Waals surface area contributed by atoms with Crippen LogP contribution in [0.15, 0.2) is 42.6 Å². The molecule has 4 nitrogen and oxygen atoms in total. The maximum absolute atomic E-state index is 11.9. The zero-order valence-electron chi connectivity index (χ0n) is 16.7. The van der Waals surface area contributed by atoms with Crippen molar-refractivity contribution < 1.29 is 14.1 Å².